The Labute approximate surface area is 130 Å². The molecule has 0 spiro atoms. The van der Waals surface area contributed by atoms with Gasteiger partial charge < -0.3 is 10.2 Å². The summed E-state index contributed by atoms with van der Waals surface area (Å²) in [4.78, 5) is 26.9. The zero-order chi connectivity index (χ0) is 15.6. The van der Waals surface area contributed by atoms with Crippen molar-refractivity contribution in [2.24, 2.45) is 5.41 Å². The third-order valence-electron chi connectivity index (χ3n) is 4.95. The average molecular weight is 304 g/mol. The normalized spacial score (nSPS) is 26.1. The van der Waals surface area contributed by atoms with Gasteiger partial charge in [0.1, 0.15) is 5.69 Å². The summed E-state index contributed by atoms with van der Waals surface area (Å²) in [7, 11) is 0. The molecule has 2 fully saturated rings. The van der Waals surface area contributed by atoms with Gasteiger partial charge in [-0.15, -0.1) is 0 Å². The van der Waals surface area contributed by atoms with Crippen molar-refractivity contribution >= 4 is 11.8 Å². The van der Waals surface area contributed by atoms with E-state index < -0.39 is 5.41 Å². The van der Waals surface area contributed by atoms with E-state index in [-0.39, 0.29) is 11.8 Å². The summed E-state index contributed by atoms with van der Waals surface area (Å²) in [5.41, 5.74) is -0.00303. The molecule has 0 aromatic carbocycles. The van der Waals surface area contributed by atoms with Gasteiger partial charge in [-0.25, -0.2) is 0 Å². The van der Waals surface area contributed by atoms with E-state index in [1.807, 2.05) is 6.92 Å². The average Bonchev–Trinajstić information content (AvgIpc) is 3.19. The topological polar surface area (TPSA) is 78.1 Å². The minimum Gasteiger partial charge on any atom is -0.353 e. The fraction of sp³-hybridized carbons (Fsp3) is 0.688. The molecule has 1 aliphatic heterocycles. The van der Waals surface area contributed by atoms with Gasteiger partial charge in [-0.2, -0.15) is 5.10 Å². The van der Waals surface area contributed by atoms with Gasteiger partial charge >= 0.3 is 0 Å². The monoisotopic (exact) mass is 304 g/mol. The van der Waals surface area contributed by atoms with E-state index >= 15 is 0 Å². The molecule has 1 aromatic rings. The van der Waals surface area contributed by atoms with Crippen LogP contribution in [-0.2, 0) is 4.79 Å². The number of carbonyl (C=O) groups excluding carboxylic acids is 2. The molecule has 1 aliphatic carbocycles. The van der Waals surface area contributed by atoms with Gasteiger partial charge in [-0.05, 0) is 38.7 Å². The number of rotatable bonds is 3. The number of piperidine rings is 1. The molecule has 1 unspecified atom stereocenters. The molecule has 2 amide bonds. The molecule has 1 saturated heterocycles. The quantitative estimate of drug-likeness (QED) is 0.892. The van der Waals surface area contributed by atoms with Gasteiger partial charge in [0.15, 0.2) is 0 Å². The lowest BCUT2D eigenvalue weighted by molar-refractivity contribution is -0.133. The summed E-state index contributed by atoms with van der Waals surface area (Å²) in [5, 5.41) is 9.72. The molecule has 1 atom stereocenters. The zero-order valence-electron chi connectivity index (χ0n) is 13.1. The van der Waals surface area contributed by atoms with E-state index in [1.165, 1.54) is 12.8 Å². The molecule has 1 aromatic heterocycles. The molecule has 6 nitrogen and oxygen atoms in total. The molecule has 2 heterocycles. The van der Waals surface area contributed by atoms with Crippen LogP contribution in [0.5, 0.6) is 0 Å². The smallest absolute Gasteiger partial charge is 0.271 e. The number of H-pyrrole nitrogens is 1. The second-order valence-corrected chi connectivity index (χ2v) is 6.82. The van der Waals surface area contributed by atoms with E-state index in [2.05, 4.69) is 15.5 Å². The second-order valence-electron chi connectivity index (χ2n) is 6.82. The van der Waals surface area contributed by atoms with Crippen LogP contribution in [0.4, 0.5) is 0 Å². The highest BCUT2D eigenvalue weighted by Gasteiger charge is 2.40. The third-order valence-corrected chi connectivity index (χ3v) is 4.95. The Morgan fingerprint density at radius 2 is 2.14 bits per heavy atom. The minimum absolute atomic E-state index is 0.0721. The molecule has 2 N–H and O–H groups in total. The lowest BCUT2D eigenvalue weighted by atomic mass is 9.80. The first-order valence-corrected chi connectivity index (χ1v) is 8.18. The van der Waals surface area contributed by atoms with Crippen LogP contribution in [0.15, 0.2) is 12.3 Å². The maximum atomic E-state index is 12.7. The fourth-order valence-corrected chi connectivity index (χ4v) is 3.57. The maximum Gasteiger partial charge on any atom is 0.271 e. The highest BCUT2D eigenvalue weighted by atomic mass is 16.2. The highest BCUT2D eigenvalue weighted by molar-refractivity contribution is 5.93. The Hall–Kier alpha value is -1.85. The van der Waals surface area contributed by atoms with E-state index in [9.17, 15) is 9.59 Å². The second kappa shape index (κ2) is 6.10. The highest BCUT2D eigenvalue weighted by Crippen LogP contribution is 2.31. The van der Waals surface area contributed by atoms with E-state index in [1.54, 1.807) is 17.2 Å². The Kier molecular flexibility index (Phi) is 4.18. The summed E-state index contributed by atoms with van der Waals surface area (Å²) in [6.45, 7) is 3.15. The number of carbonyl (C=O) groups is 2. The van der Waals surface area contributed by atoms with Crippen LogP contribution in [0, 0.1) is 5.41 Å². The maximum absolute atomic E-state index is 12.7. The molecule has 1 saturated carbocycles. The summed E-state index contributed by atoms with van der Waals surface area (Å²) in [6.07, 6.45) is 7.82. The standard InChI is InChI=1S/C16H24N4O2/c1-16(15(22)18-12-5-2-3-6-12)8-4-10-20(11-16)14(21)13-7-9-17-19-13/h7,9,12H,2-6,8,10-11H2,1H3,(H,17,19)(H,18,22). The molecule has 0 radical (unpaired) electrons. The Balaban J connectivity index is 1.65. The molecule has 2 aliphatic rings. The zero-order valence-corrected chi connectivity index (χ0v) is 13.1. The predicted octanol–water partition coefficient (Wildman–Crippen LogP) is 1.71. The van der Waals surface area contributed by atoms with Gasteiger partial charge in [-0.1, -0.05) is 12.8 Å². The Bertz CT molecular complexity index is 536. The number of aromatic amines is 1. The van der Waals surface area contributed by atoms with Crippen LogP contribution in [0.1, 0.15) is 55.9 Å². The van der Waals surface area contributed by atoms with Gasteiger partial charge in [-0.3, -0.25) is 14.7 Å². The van der Waals surface area contributed by atoms with Crippen LogP contribution < -0.4 is 5.32 Å². The number of amides is 2. The molecule has 3 rings (SSSR count). The fourth-order valence-electron chi connectivity index (χ4n) is 3.57. The Morgan fingerprint density at radius 1 is 1.36 bits per heavy atom. The molecular weight excluding hydrogens is 280 g/mol. The predicted molar refractivity (Wildman–Crippen MR) is 82.2 cm³/mol. The lowest BCUT2D eigenvalue weighted by Crippen LogP contribution is -2.53. The van der Waals surface area contributed by atoms with E-state index in [0.717, 1.165) is 25.7 Å². The van der Waals surface area contributed by atoms with Gasteiger partial charge in [0.05, 0.1) is 5.41 Å². The number of nitrogens with one attached hydrogen (secondary N) is 2. The van der Waals surface area contributed by atoms with Crippen LogP contribution in [0.2, 0.25) is 0 Å². The van der Waals surface area contributed by atoms with Crippen LogP contribution in [0.3, 0.4) is 0 Å². The van der Waals surface area contributed by atoms with Crippen molar-refractivity contribution in [3.05, 3.63) is 18.0 Å². The van der Waals surface area contributed by atoms with Crippen molar-refractivity contribution in [3.8, 4) is 0 Å². The van der Waals surface area contributed by atoms with Gasteiger partial charge in [0.25, 0.3) is 5.91 Å². The summed E-state index contributed by atoms with van der Waals surface area (Å²) < 4.78 is 0. The van der Waals surface area contributed by atoms with Crippen LogP contribution in [-0.4, -0.2) is 46.0 Å². The number of likely N-dealkylation sites (tertiary alicyclic amines) is 1. The third kappa shape index (κ3) is 3.00. The molecule has 22 heavy (non-hydrogen) atoms. The first-order chi connectivity index (χ1) is 10.6. The number of nitrogens with zero attached hydrogens (tertiary/aromatic N) is 2. The summed E-state index contributed by atoms with van der Waals surface area (Å²) in [5.74, 6) is 0.0265. The van der Waals surface area contributed by atoms with Crippen molar-refractivity contribution in [2.45, 2.75) is 51.5 Å². The largest absolute Gasteiger partial charge is 0.353 e. The Morgan fingerprint density at radius 3 is 2.82 bits per heavy atom. The first-order valence-electron chi connectivity index (χ1n) is 8.18. The molecular formula is C16H24N4O2. The summed E-state index contributed by atoms with van der Waals surface area (Å²) >= 11 is 0. The van der Waals surface area contributed by atoms with Crippen molar-refractivity contribution < 1.29 is 9.59 Å². The molecule has 6 heteroatoms. The minimum atomic E-state index is -0.490. The van der Waals surface area contributed by atoms with E-state index in [4.69, 9.17) is 0 Å². The van der Waals surface area contributed by atoms with Crippen molar-refractivity contribution in [1.29, 1.82) is 0 Å². The number of hydrogen-bond acceptors (Lipinski definition) is 3. The van der Waals surface area contributed by atoms with Crippen LogP contribution >= 0.6 is 0 Å². The molecule has 0 bridgehead atoms. The van der Waals surface area contributed by atoms with Crippen molar-refractivity contribution in [2.75, 3.05) is 13.1 Å². The number of hydrogen-bond donors (Lipinski definition) is 2. The lowest BCUT2D eigenvalue weighted by Gasteiger charge is -2.39. The summed E-state index contributed by atoms with van der Waals surface area (Å²) in [6, 6.07) is 2.00. The van der Waals surface area contributed by atoms with Crippen molar-refractivity contribution in [1.82, 2.24) is 20.4 Å². The van der Waals surface area contributed by atoms with Gasteiger partial charge in [0, 0.05) is 25.3 Å². The van der Waals surface area contributed by atoms with Crippen LogP contribution in [0.25, 0.3) is 0 Å². The van der Waals surface area contributed by atoms with Crippen molar-refractivity contribution in [3.63, 3.8) is 0 Å². The first kappa shape index (κ1) is 15.1. The number of aromatic nitrogens is 2. The SMILES string of the molecule is CC1(C(=O)NC2CCCC2)CCCN(C(=O)c2ccn[nH]2)C1. The molecule has 120 valence electrons. The van der Waals surface area contributed by atoms with Gasteiger partial charge in [0.2, 0.25) is 5.91 Å². The van der Waals surface area contributed by atoms with E-state index in [0.29, 0.717) is 24.8 Å².